The van der Waals surface area contributed by atoms with Gasteiger partial charge in [0.05, 0.1) is 6.54 Å². The summed E-state index contributed by atoms with van der Waals surface area (Å²) in [5, 5.41) is 13.0. The van der Waals surface area contributed by atoms with Crippen molar-refractivity contribution in [2.75, 3.05) is 13.1 Å². The summed E-state index contributed by atoms with van der Waals surface area (Å²) in [6, 6.07) is 1.19. The van der Waals surface area contributed by atoms with E-state index in [1.54, 1.807) is 0 Å². The molecule has 0 spiro atoms. The Hall–Kier alpha value is -1.61. The molecule has 1 rings (SSSR count). The molecule has 0 aliphatic heterocycles. The Morgan fingerprint density at radius 1 is 1.42 bits per heavy atom. The third-order valence-corrected chi connectivity index (χ3v) is 3.98. The van der Waals surface area contributed by atoms with Crippen LogP contribution in [0.1, 0.15) is 4.88 Å². The highest BCUT2D eigenvalue weighted by molar-refractivity contribution is 9.10. The topological polar surface area (TPSA) is 113 Å². The number of amides is 3. The zero-order valence-electron chi connectivity index (χ0n) is 9.76. The molecular formula is C10H12BrN3O4S. The fraction of sp³-hybridized carbons (Fsp3) is 0.300. The smallest absolute Gasteiger partial charge is 0.323 e. The fourth-order valence-corrected chi connectivity index (χ4v) is 2.70. The molecule has 0 unspecified atom stereocenters. The van der Waals surface area contributed by atoms with E-state index in [2.05, 4.69) is 21.2 Å². The van der Waals surface area contributed by atoms with Crippen molar-refractivity contribution in [1.82, 2.24) is 10.2 Å². The maximum atomic E-state index is 11.8. The van der Waals surface area contributed by atoms with Crippen LogP contribution in [-0.4, -0.2) is 41.0 Å². The van der Waals surface area contributed by atoms with E-state index in [-0.39, 0.29) is 6.54 Å². The molecule has 0 aliphatic carbocycles. The van der Waals surface area contributed by atoms with Gasteiger partial charge in [0, 0.05) is 9.35 Å². The van der Waals surface area contributed by atoms with E-state index < -0.39 is 31.0 Å². The summed E-state index contributed by atoms with van der Waals surface area (Å²) in [6.45, 7) is -0.782. The van der Waals surface area contributed by atoms with Crippen molar-refractivity contribution in [3.8, 4) is 0 Å². The minimum absolute atomic E-state index is 0.242. The number of thiophene rings is 1. The second-order valence-corrected chi connectivity index (χ2v) is 5.42. The molecule has 0 saturated carbocycles. The summed E-state index contributed by atoms with van der Waals surface area (Å²) in [5.74, 6) is -1.98. The average Bonchev–Trinajstić information content (AvgIpc) is 2.69. The van der Waals surface area contributed by atoms with Crippen LogP contribution in [0.25, 0.3) is 0 Å². The molecule has 1 aromatic rings. The molecular weight excluding hydrogens is 338 g/mol. The third-order valence-electron chi connectivity index (χ3n) is 2.05. The number of primary amides is 1. The van der Waals surface area contributed by atoms with Gasteiger partial charge in [-0.3, -0.25) is 9.59 Å². The molecule has 0 fully saturated rings. The number of carbonyl (C=O) groups excluding carboxylic acids is 2. The minimum Gasteiger partial charge on any atom is -0.480 e. The Balaban J connectivity index is 2.58. The monoisotopic (exact) mass is 349 g/mol. The number of carboxylic acids is 1. The van der Waals surface area contributed by atoms with Crippen LogP contribution >= 0.6 is 27.3 Å². The van der Waals surface area contributed by atoms with Crippen LogP contribution in [0, 0.1) is 0 Å². The van der Waals surface area contributed by atoms with Crippen LogP contribution in [-0.2, 0) is 16.1 Å². The van der Waals surface area contributed by atoms with E-state index in [4.69, 9.17) is 10.8 Å². The number of nitrogens with one attached hydrogen (secondary N) is 1. The van der Waals surface area contributed by atoms with Gasteiger partial charge >= 0.3 is 12.0 Å². The van der Waals surface area contributed by atoms with Crippen molar-refractivity contribution in [3.63, 3.8) is 0 Å². The predicted octanol–water partition coefficient (Wildman–Crippen LogP) is 0.592. The predicted molar refractivity (Wildman–Crippen MR) is 72.7 cm³/mol. The van der Waals surface area contributed by atoms with Crippen LogP contribution in [0.5, 0.6) is 0 Å². The van der Waals surface area contributed by atoms with Gasteiger partial charge in [-0.1, -0.05) is 0 Å². The van der Waals surface area contributed by atoms with Crippen molar-refractivity contribution in [1.29, 1.82) is 0 Å². The summed E-state index contributed by atoms with van der Waals surface area (Å²) >= 11 is 4.75. The SMILES string of the molecule is NC(=O)CN(CC(=O)O)C(=O)NCc1sccc1Br. The molecule has 0 saturated heterocycles. The Bertz CT molecular complexity index is 475. The zero-order valence-corrected chi connectivity index (χ0v) is 12.2. The van der Waals surface area contributed by atoms with Crippen molar-refractivity contribution in [3.05, 3.63) is 20.8 Å². The number of carbonyl (C=O) groups is 3. The van der Waals surface area contributed by atoms with Crippen LogP contribution in [0.4, 0.5) is 4.79 Å². The van der Waals surface area contributed by atoms with E-state index >= 15 is 0 Å². The van der Waals surface area contributed by atoms with Gasteiger partial charge in [0.25, 0.3) is 0 Å². The highest BCUT2D eigenvalue weighted by atomic mass is 79.9. The van der Waals surface area contributed by atoms with Gasteiger partial charge in [0.15, 0.2) is 0 Å². The van der Waals surface area contributed by atoms with Gasteiger partial charge in [-0.2, -0.15) is 0 Å². The van der Waals surface area contributed by atoms with Gasteiger partial charge in [0.2, 0.25) is 5.91 Å². The summed E-state index contributed by atoms with van der Waals surface area (Å²) in [7, 11) is 0. The van der Waals surface area contributed by atoms with Gasteiger partial charge in [0.1, 0.15) is 13.1 Å². The highest BCUT2D eigenvalue weighted by Gasteiger charge is 2.18. The molecule has 7 nitrogen and oxygen atoms in total. The summed E-state index contributed by atoms with van der Waals surface area (Å²) in [4.78, 5) is 34.9. The lowest BCUT2D eigenvalue weighted by Gasteiger charge is -2.19. The first-order valence-electron chi connectivity index (χ1n) is 5.15. The largest absolute Gasteiger partial charge is 0.480 e. The van der Waals surface area contributed by atoms with E-state index in [9.17, 15) is 14.4 Å². The number of hydrogen-bond donors (Lipinski definition) is 3. The Labute approximate surface area is 121 Å². The zero-order chi connectivity index (χ0) is 14.4. The first-order valence-corrected chi connectivity index (χ1v) is 6.82. The van der Waals surface area contributed by atoms with Crippen molar-refractivity contribution in [2.24, 2.45) is 5.73 Å². The van der Waals surface area contributed by atoms with Gasteiger partial charge in [-0.15, -0.1) is 11.3 Å². The Morgan fingerprint density at radius 3 is 2.58 bits per heavy atom. The number of nitrogens with zero attached hydrogens (tertiary/aromatic N) is 1. The first kappa shape index (κ1) is 15.4. The van der Waals surface area contributed by atoms with E-state index in [1.165, 1.54) is 11.3 Å². The van der Waals surface area contributed by atoms with Gasteiger partial charge in [-0.05, 0) is 27.4 Å². The molecule has 1 aromatic heterocycles. The molecule has 3 amide bonds. The standard InChI is InChI=1S/C10H12BrN3O4S/c11-6-1-2-19-7(6)3-13-10(18)14(4-8(12)15)5-9(16)17/h1-2H,3-5H2,(H2,12,15)(H,13,18)(H,16,17). The molecule has 4 N–H and O–H groups in total. The third kappa shape index (κ3) is 5.26. The molecule has 9 heteroatoms. The Morgan fingerprint density at radius 2 is 2.11 bits per heavy atom. The lowest BCUT2D eigenvalue weighted by molar-refractivity contribution is -0.137. The van der Waals surface area contributed by atoms with Gasteiger partial charge < -0.3 is 21.1 Å². The number of carboxylic acid groups (broad SMARTS) is 1. The maximum absolute atomic E-state index is 11.8. The van der Waals surface area contributed by atoms with E-state index in [0.717, 1.165) is 14.2 Å². The van der Waals surface area contributed by atoms with Crippen molar-refractivity contribution >= 4 is 45.2 Å². The molecule has 0 bridgehead atoms. The number of halogens is 1. The minimum atomic E-state index is -1.21. The number of aliphatic carboxylic acids is 1. The summed E-state index contributed by atoms with van der Waals surface area (Å²) in [6.07, 6.45) is 0. The molecule has 0 aliphatic rings. The van der Waals surface area contributed by atoms with Crippen LogP contribution in [0.15, 0.2) is 15.9 Å². The number of hydrogen-bond acceptors (Lipinski definition) is 4. The number of nitrogens with two attached hydrogens (primary N) is 1. The normalized spacial score (nSPS) is 9.95. The van der Waals surface area contributed by atoms with E-state index in [0.29, 0.717) is 0 Å². The summed E-state index contributed by atoms with van der Waals surface area (Å²) < 4.78 is 0.859. The molecule has 0 atom stereocenters. The van der Waals surface area contributed by atoms with Gasteiger partial charge in [-0.25, -0.2) is 4.79 Å². The maximum Gasteiger partial charge on any atom is 0.323 e. The van der Waals surface area contributed by atoms with Crippen molar-refractivity contribution in [2.45, 2.75) is 6.54 Å². The first-order chi connectivity index (χ1) is 8.90. The van der Waals surface area contributed by atoms with Crippen molar-refractivity contribution < 1.29 is 19.5 Å². The molecule has 0 radical (unpaired) electrons. The van der Waals surface area contributed by atoms with E-state index in [1.807, 2.05) is 11.4 Å². The van der Waals surface area contributed by atoms with Crippen LogP contribution < -0.4 is 11.1 Å². The molecule has 1 heterocycles. The number of rotatable bonds is 6. The second kappa shape index (κ2) is 7.10. The highest BCUT2D eigenvalue weighted by Crippen LogP contribution is 2.22. The molecule has 19 heavy (non-hydrogen) atoms. The molecule has 104 valence electrons. The summed E-state index contributed by atoms with van der Waals surface area (Å²) in [5.41, 5.74) is 4.96. The second-order valence-electron chi connectivity index (χ2n) is 3.57. The lowest BCUT2D eigenvalue weighted by Crippen LogP contribution is -2.46. The fourth-order valence-electron chi connectivity index (χ4n) is 1.27. The Kier molecular flexibility index (Phi) is 5.77. The average molecular weight is 350 g/mol. The number of urea groups is 1. The van der Waals surface area contributed by atoms with Crippen LogP contribution in [0.3, 0.4) is 0 Å². The quantitative estimate of drug-likeness (QED) is 0.697. The van der Waals surface area contributed by atoms with Crippen LogP contribution in [0.2, 0.25) is 0 Å². The lowest BCUT2D eigenvalue weighted by atomic mass is 10.4. The molecule has 0 aromatic carbocycles.